The van der Waals surface area contributed by atoms with Crippen LogP contribution in [0.5, 0.6) is 0 Å². The van der Waals surface area contributed by atoms with Gasteiger partial charge in [0.2, 0.25) is 0 Å². The first-order valence-corrected chi connectivity index (χ1v) is 6.96. The second-order valence-corrected chi connectivity index (χ2v) is 5.19. The molecule has 3 rings (SSSR count). The number of rotatable bonds is 1. The van der Waals surface area contributed by atoms with Gasteiger partial charge in [-0.2, -0.15) is 10.1 Å². The van der Waals surface area contributed by atoms with Crippen molar-refractivity contribution in [3.05, 3.63) is 16.6 Å². The lowest BCUT2D eigenvalue weighted by Gasteiger charge is -2.10. The molecular weight excluding hydrogens is 327 g/mol. The molecule has 0 unspecified atom stereocenters. The first-order valence-electron chi connectivity index (χ1n) is 4.45. The first-order chi connectivity index (χ1) is 7.31. The van der Waals surface area contributed by atoms with Crippen LogP contribution in [0.2, 0.25) is 0 Å². The topological polar surface area (TPSA) is 63.6 Å². The highest BCUT2D eigenvalue weighted by atomic mass is 127. The van der Waals surface area contributed by atoms with Crippen LogP contribution >= 0.6 is 34.4 Å². The molecule has 0 spiro atoms. The highest BCUT2D eigenvalue weighted by Gasteiger charge is 2.25. The molecule has 1 atom stereocenters. The molecule has 0 aliphatic carbocycles. The molecule has 0 bridgehead atoms. The Morgan fingerprint density at radius 3 is 3.40 bits per heavy atom. The maximum Gasteiger partial charge on any atom is 0.284 e. The molecule has 15 heavy (non-hydrogen) atoms. The van der Waals surface area contributed by atoms with Gasteiger partial charge in [0.25, 0.3) is 5.56 Å². The first kappa shape index (κ1) is 9.64. The smallest absolute Gasteiger partial charge is 0.284 e. The molecule has 0 saturated heterocycles. The van der Waals surface area contributed by atoms with Crippen LogP contribution in [-0.4, -0.2) is 29.9 Å². The van der Waals surface area contributed by atoms with Crippen molar-refractivity contribution in [2.45, 2.75) is 11.2 Å². The Labute approximate surface area is 103 Å². The molecule has 1 aliphatic rings. The number of halogens is 1. The van der Waals surface area contributed by atoms with E-state index in [-0.39, 0.29) is 5.56 Å². The maximum absolute atomic E-state index is 11.6. The zero-order chi connectivity index (χ0) is 10.4. The standard InChI is InChI=1S/C8H7IN4OS/c9-1-4-3-15-8-11-7(14)5-2-10-12-6(5)13(4)8/h2,4H,1,3H2,(H,10,12)/t4-/m0/s1. The Morgan fingerprint density at radius 2 is 2.60 bits per heavy atom. The average Bonchev–Trinajstić information content (AvgIpc) is 2.81. The summed E-state index contributed by atoms with van der Waals surface area (Å²) in [6.45, 7) is 0. The van der Waals surface area contributed by atoms with E-state index in [9.17, 15) is 4.79 Å². The summed E-state index contributed by atoms with van der Waals surface area (Å²) in [6, 6.07) is 0.404. The van der Waals surface area contributed by atoms with Gasteiger partial charge in [0.15, 0.2) is 5.16 Å². The second-order valence-electron chi connectivity index (χ2n) is 3.32. The van der Waals surface area contributed by atoms with Gasteiger partial charge in [-0.3, -0.25) is 9.89 Å². The van der Waals surface area contributed by atoms with Crippen molar-refractivity contribution in [2.24, 2.45) is 0 Å². The molecule has 1 aliphatic heterocycles. The number of nitrogens with one attached hydrogen (secondary N) is 1. The van der Waals surface area contributed by atoms with E-state index in [1.165, 1.54) is 0 Å². The number of nitrogens with zero attached hydrogens (tertiary/aromatic N) is 3. The maximum atomic E-state index is 11.6. The summed E-state index contributed by atoms with van der Waals surface area (Å²) in [7, 11) is 0. The van der Waals surface area contributed by atoms with Crippen LogP contribution in [0.3, 0.4) is 0 Å². The molecule has 1 N–H and O–H groups in total. The summed E-state index contributed by atoms with van der Waals surface area (Å²) in [5, 5.41) is 8.18. The van der Waals surface area contributed by atoms with Crippen LogP contribution in [-0.2, 0) is 0 Å². The Morgan fingerprint density at radius 1 is 1.73 bits per heavy atom. The zero-order valence-electron chi connectivity index (χ0n) is 7.61. The van der Waals surface area contributed by atoms with Crippen molar-refractivity contribution in [3.63, 3.8) is 0 Å². The fourth-order valence-electron chi connectivity index (χ4n) is 1.72. The largest absolute Gasteiger partial charge is 0.300 e. The molecule has 5 nitrogen and oxygen atoms in total. The fourth-order valence-corrected chi connectivity index (χ4v) is 3.98. The summed E-state index contributed by atoms with van der Waals surface area (Å²) < 4.78 is 3.09. The van der Waals surface area contributed by atoms with Crippen molar-refractivity contribution in [2.75, 3.05) is 10.2 Å². The average molecular weight is 334 g/mol. The van der Waals surface area contributed by atoms with E-state index in [2.05, 4.69) is 42.3 Å². The highest BCUT2D eigenvalue weighted by Crippen LogP contribution is 2.34. The monoisotopic (exact) mass is 334 g/mol. The predicted octanol–water partition coefficient (Wildman–Crippen LogP) is 1.20. The van der Waals surface area contributed by atoms with Gasteiger partial charge in [-0.15, -0.1) is 0 Å². The number of fused-ring (bicyclic) bond motifs is 3. The molecule has 0 amide bonds. The molecule has 78 valence electrons. The van der Waals surface area contributed by atoms with Crippen LogP contribution < -0.4 is 5.56 Å². The molecule has 0 fully saturated rings. The van der Waals surface area contributed by atoms with Crippen molar-refractivity contribution < 1.29 is 0 Å². The summed E-state index contributed by atoms with van der Waals surface area (Å²) in [5.74, 6) is 0.980. The minimum Gasteiger partial charge on any atom is -0.300 e. The van der Waals surface area contributed by atoms with Crippen LogP contribution in [0.25, 0.3) is 11.0 Å². The van der Waals surface area contributed by atoms with Gasteiger partial charge in [-0.25, -0.2) is 0 Å². The summed E-state index contributed by atoms with van der Waals surface area (Å²) in [5.41, 5.74) is 0.614. The molecule has 0 saturated carbocycles. The van der Waals surface area contributed by atoms with E-state index < -0.39 is 0 Å². The number of alkyl halides is 1. The van der Waals surface area contributed by atoms with Gasteiger partial charge in [-0.05, 0) is 0 Å². The minimum atomic E-state index is -0.188. The van der Waals surface area contributed by atoms with E-state index in [0.29, 0.717) is 11.4 Å². The lowest BCUT2D eigenvalue weighted by Crippen LogP contribution is -2.16. The summed E-state index contributed by atoms with van der Waals surface area (Å²) >= 11 is 3.98. The van der Waals surface area contributed by atoms with Crippen molar-refractivity contribution in [1.29, 1.82) is 0 Å². The second kappa shape index (κ2) is 3.48. The van der Waals surface area contributed by atoms with Crippen molar-refractivity contribution in [3.8, 4) is 0 Å². The molecular formula is C8H7IN4OS. The van der Waals surface area contributed by atoms with Crippen LogP contribution in [0, 0.1) is 0 Å². The normalized spacial score (nSPS) is 19.7. The number of hydrogen-bond donors (Lipinski definition) is 1. The van der Waals surface area contributed by atoms with Crippen molar-refractivity contribution in [1.82, 2.24) is 19.7 Å². The number of hydrogen-bond acceptors (Lipinski definition) is 4. The van der Waals surface area contributed by atoms with Gasteiger partial charge in [-0.1, -0.05) is 34.4 Å². The SMILES string of the molecule is O=c1nc2n(c3[nH]ncc13)[C@@H](CI)CS2. The summed E-state index contributed by atoms with van der Waals surface area (Å²) in [6.07, 6.45) is 1.55. The van der Waals surface area contributed by atoms with Crippen LogP contribution in [0.1, 0.15) is 6.04 Å². The fraction of sp³-hybridized carbons (Fsp3) is 0.375. The Hall–Kier alpha value is -0.570. The molecule has 0 aromatic carbocycles. The summed E-state index contributed by atoms with van der Waals surface area (Å²) in [4.78, 5) is 15.7. The van der Waals surface area contributed by atoms with Gasteiger partial charge in [0, 0.05) is 10.2 Å². The van der Waals surface area contributed by atoms with Gasteiger partial charge in [0.05, 0.1) is 12.2 Å². The van der Waals surface area contributed by atoms with E-state index in [1.54, 1.807) is 18.0 Å². The van der Waals surface area contributed by atoms with Crippen LogP contribution in [0.15, 0.2) is 16.1 Å². The number of aromatic nitrogens is 4. The lowest BCUT2D eigenvalue weighted by atomic mass is 10.3. The third-order valence-corrected chi connectivity index (χ3v) is 4.56. The third kappa shape index (κ3) is 1.32. The molecule has 2 aromatic rings. The van der Waals surface area contributed by atoms with Gasteiger partial charge < -0.3 is 4.57 Å². The van der Waals surface area contributed by atoms with E-state index >= 15 is 0 Å². The van der Waals surface area contributed by atoms with E-state index in [4.69, 9.17) is 0 Å². The van der Waals surface area contributed by atoms with Crippen molar-refractivity contribution >= 4 is 45.4 Å². The quantitative estimate of drug-likeness (QED) is 0.484. The molecule has 7 heteroatoms. The molecule has 0 radical (unpaired) electrons. The number of H-pyrrole nitrogens is 1. The van der Waals surface area contributed by atoms with E-state index in [1.807, 2.05) is 0 Å². The van der Waals surface area contributed by atoms with Crippen LogP contribution in [0.4, 0.5) is 0 Å². The Kier molecular flexibility index (Phi) is 2.23. The minimum absolute atomic E-state index is 0.188. The van der Waals surface area contributed by atoms with Gasteiger partial charge in [0.1, 0.15) is 11.0 Å². The van der Waals surface area contributed by atoms with E-state index in [0.717, 1.165) is 21.0 Å². The number of aromatic amines is 1. The Balaban J connectivity index is 2.40. The lowest BCUT2D eigenvalue weighted by molar-refractivity contribution is 0.592. The zero-order valence-corrected chi connectivity index (χ0v) is 10.6. The third-order valence-electron chi connectivity index (χ3n) is 2.44. The van der Waals surface area contributed by atoms with Gasteiger partial charge >= 0.3 is 0 Å². The number of thioether (sulfide) groups is 1. The Bertz CT molecular complexity index is 578. The molecule has 3 heterocycles. The highest BCUT2D eigenvalue weighted by molar-refractivity contribution is 14.1. The molecule has 2 aromatic heterocycles. The predicted molar refractivity (Wildman–Crippen MR) is 66.8 cm³/mol.